The molecule has 0 aliphatic carbocycles. The molecule has 2 aromatic heterocycles. The minimum atomic E-state index is -0.825. The summed E-state index contributed by atoms with van der Waals surface area (Å²) in [5, 5.41) is 3.27. The smallest absolute Gasteiger partial charge is 0.265 e. The Bertz CT molecular complexity index is 850. The van der Waals surface area contributed by atoms with Crippen LogP contribution in [-0.2, 0) is 0 Å². The van der Waals surface area contributed by atoms with Crippen molar-refractivity contribution >= 4 is 34.3 Å². The number of piperazine rings is 1. The first kappa shape index (κ1) is 21.9. The van der Waals surface area contributed by atoms with Gasteiger partial charge in [0.25, 0.3) is 5.56 Å². The largest absolute Gasteiger partial charge is 0.472 e. The van der Waals surface area contributed by atoms with Gasteiger partial charge in [-0.2, -0.15) is 4.98 Å². The summed E-state index contributed by atoms with van der Waals surface area (Å²) < 4.78 is 20.2. The molecule has 2 atom stereocenters. The summed E-state index contributed by atoms with van der Waals surface area (Å²) in [6.07, 6.45) is 1.44. The fraction of sp³-hybridized carbons (Fsp3) is 0.588. The predicted octanol–water partition coefficient (Wildman–Crippen LogP) is 2.53. The van der Waals surface area contributed by atoms with E-state index in [9.17, 15) is 9.18 Å². The number of H-pyrrole nitrogens is 1. The first-order chi connectivity index (χ1) is 12.9. The van der Waals surface area contributed by atoms with Crippen LogP contribution in [-0.4, -0.2) is 64.9 Å². The van der Waals surface area contributed by atoms with Crippen molar-refractivity contribution in [3.05, 3.63) is 21.3 Å². The second-order valence-corrected chi connectivity index (χ2v) is 7.12. The standard InChI is InChI=1S/C15H19ClFN5O2S.C2H6/c1-7(8-6-22(2)5-4-18-8)24-14-9-11(10(17)12(16)20-14)19-15(25-3)21-13(9)23;1-2/h7-8,18H,4-6H2,1-3H3,(H,19,21,23);1-2H3. The van der Waals surface area contributed by atoms with E-state index in [1.165, 1.54) is 11.8 Å². The SMILES string of the molecule is CC.CSc1nc2c(F)c(Cl)nc(OC(C)C3CN(C)CCN3)c2c(=O)[nH]1. The molecular weight excluding hydrogens is 393 g/mol. The average molecular weight is 418 g/mol. The molecule has 2 aromatic rings. The van der Waals surface area contributed by atoms with Gasteiger partial charge in [-0.3, -0.25) is 4.79 Å². The van der Waals surface area contributed by atoms with Gasteiger partial charge in [0.1, 0.15) is 17.0 Å². The van der Waals surface area contributed by atoms with Crippen molar-refractivity contribution in [3.8, 4) is 5.88 Å². The molecule has 10 heteroatoms. The Morgan fingerprint density at radius 3 is 2.74 bits per heavy atom. The van der Waals surface area contributed by atoms with Gasteiger partial charge in [-0.25, -0.2) is 9.37 Å². The third-order valence-corrected chi connectivity index (χ3v) is 5.00. The zero-order chi connectivity index (χ0) is 20.1. The molecule has 0 amide bonds. The number of nitrogens with zero attached hydrogens (tertiary/aromatic N) is 3. The summed E-state index contributed by atoms with van der Waals surface area (Å²) >= 11 is 7.09. The topological polar surface area (TPSA) is 83.1 Å². The van der Waals surface area contributed by atoms with E-state index < -0.39 is 11.4 Å². The van der Waals surface area contributed by atoms with Crippen LogP contribution >= 0.6 is 23.4 Å². The molecular formula is C17H25ClFN5O2S. The van der Waals surface area contributed by atoms with E-state index in [-0.39, 0.29) is 34.1 Å². The molecule has 1 fully saturated rings. The van der Waals surface area contributed by atoms with Crippen molar-refractivity contribution in [1.29, 1.82) is 0 Å². The van der Waals surface area contributed by atoms with Crippen LogP contribution in [0.4, 0.5) is 4.39 Å². The number of nitrogens with one attached hydrogen (secondary N) is 2. The van der Waals surface area contributed by atoms with Crippen molar-refractivity contribution in [3.63, 3.8) is 0 Å². The molecule has 150 valence electrons. The van der Waals surface area contributed by atoms with Gasteiger partial charge in [-0.15, -0.1) is 0 Å². The lowest BCUT2D eigenvalue weighted by Gasteiger charge is -2.34. The van der Waals surface area contributed by atoms with Crippen molar-refractivity contribution in [1.82, 2.24) is 25.2 Å². The van der Waals surface area contributed by atoms with Crippen LogP contribution in [0.5, 0.6) is 5.88 Å². The lowest BCUT2D eigenvalue weighted by atomic mass is 10.1. The maximum absolute atomic E-state index is 14.3. The van der Waals surface area contributed by atoms with Crippen LogP contribution in [0.25, 0.3) is 10.9 Å². The molecule has 0 spiro atoms. The second kappa shape index (κ2) is 9.68. The Balaban J connectivity index is 0.00000126. The second-order valence-electron chi connectivity index (χ2n) is 5.97. The van der Waals surface area contributed by atoms with Crippen molar-refractivity contribution < 1.29 is 9.13 Å². The molecule has 7 nitrogen and oxygen atoms in total. The van der Waals surface area contributed by atoms with Gasteiger partial charge in [0.05, 0.1) is 6.04 Å². The highest BCUT2D eigenvalue weighted by molar-refractivity contribution is 7.98. The molecule has 2 unspecified atom stereocenters. The Hall–Kier alpha value is -1.42. The number of ether oxygens (including phenoxy) is 1. The number of fused-ring (bicyclic) bond motifs is 1. The highest BCUT2D eigenvalue weighted by Crippen LogP contribution is 2.28. The molecule has 3 rings (SSSR count). The third kappa shape index (κ3) is 4.90. The van der Waals surface area contributed by atoms with Crippen LogP contribution in [0.2, 0.25) is 5.15 Å². The number of halogens is 2. The van der Waals surface area contributed by atoms with Gasteiger partial charge in [0, 0.05) is 19.6 Å². The summed E-state index contributed by atoms with van der Waals surface area (Å²) in [6.45, 7) is 8.46. The van der Waals surface area contributed by atoms with E-state index >= 15 is 0 Å². The Kier molecular flexibility index (Phi) is 7.84. The van der Waals surface area contributed by atoms with Crippen LogP contribution in [0.15, 0.2) is 9.95 Å². The number of rotatable bonds is 4. The molecule has 2 N–H and O–H groups in total. The van der Waals surface area contributed by atoms with Crippen molar-refractivity contribution in [2.24, 2.45) is 0 Å². The number of thioether (sulfide) groups is 1. The number of aromatic nitrogens is 3. The highest BCUT2D eigenvalue weighted by atomic mass is 35.5. The predicted molar refractivity (Wildman–Crippen MR) is 108 cm³/mol. The Morgan fingerprint density at radius 1 is 1.41 bits per heavy atom. The summed E-state index contributed by atoms with van der Waals surface area (Å²) in [5.74, 6) is -0.834. The van der Waals surface area contributed by atoms with Crippen LogP contribution < -0.4 is 15.6 Å². The molecule has 0 saturated carbocycles. The average Bonchev–Trinajstić information content (AvgIpc) is 2.66. The number of hydrogen-bond acceptors (Lipinski definition) is 7. The maximum atomic E-state index is 14.3. The molecule has 27 heavy (non-hydrogen) atoms. The Morgan fingerprint density at radius 2 is 2.11 bits per heavy atom. The lowest BCUT2D eigenvalue weighted by Crippen LogP contribution is -2.55. The quantitative estimate of drug-likeness (QED) is 0.449. The minimum Gasteiger partial charge on any atom is -0.472 e. The van der Waals surface area contributed by atoms with E-state index in [0.29, 0.717) is 5.16 Å². The van der Waals surface area contributed by atoms with Crippen LogP contribution in [0.3, 0.4) is 0 Å². The van der Waals surface area contributed by atoms with Gasteiger partial charge >= 0.3 is 0 Å². The zero-order valence-electron chi connectivity index (χ0n) is 16.1. The van der Waals surface area contributed by atoms with E-state index in [1.807, 2.05) is 27.8 Å². The molecule has 0 radical (unpaired) electrons. The van der Waals surface area contributed by atoms with Crippen LogP contribution in [0, 0.1) is 5.82 Å². The van der Waals surface area contributed by atoms with Gasteiger partial charge in [0.15, 0.2) is 16.1 Å². The number of likely N-dealkylation sites (N-methyl/N-ethyl adjacent to an activating group) is 1. The van der Waals surface area contributed by atoms with Crippen molar-refractivity contribution in [2.75, 3.05) is 32.9 Å². The van der Waals surface area contributed by atoms with E-state index in [1.54, 1.807) is 6.26 Å². The van der Waals surface area contributed by atoms with Gasteiger partial charge in [-0.05, 0) is 20.2 Å². The minimum absolute atomic E-state index is 0.00895. The molecule has 3 heterocycles. The van der Waals surface area contributed by atoms with Gasteiger partial charge < -0.3 is 19.9 Å². The third-order valence-electron chi connectivity index (χ3n) is 4.17. The number of hydrogen-bond donors (Lipinski definition) is 2. The first-order valence-electron chi connectivity index (χ1n) is 8.82. The fourth-order valence-corrected chi connectivity index (χ4v) is 3.33. The maximum Gasteiger partial charge on any atom is 0.265 e. The van der Waals surface area contributed by atoms with Crippen LogP contribution in [0.1, 0.15) is 20.8 Å². The van der Waals surface area contributed by atoms with E-state index in [2.05, 4.69) is 25.2 Å². The molecule has 1 aliphatic rings. The normalized spacial score (nSPS) is 18.7. The summed E-state index contributed by atoms with van der Waals surface area (Å²) in [5.41, 5.74) is -0.641. The summed E-state index contributed by atoms with van der Waals surface area (Å²) in [4.78, 5) is 25.2. The first-order valence-corrected chi connectivity index (χ1v) is 10.4. The molecule has 1 aliphatic heterocycles. The highest BCUT2D eigenvalue weighted by Gasteiger charge is 2.26. The molecule has 1 saturated heterocycles. The monoisotopic (exact) mass is 417 g/mol. The van der Waals surface area contributed by atoms with E-state index in [4.69, 9.17) is 16.3 Å². The van der Waals surface area contributed by atoms with Gasteiger partial charge in [-0.1, -0.05) is 37.2 Å². The number of aromatic amines is 1. The molecule has 0 aromatic carbocycles. The van der Waals surface area contributed by atoms with E-state index in [0.717, 1.165) is 19.6 Å². The fourth-order valence-electron chi connectivity index (χ4n) is 2.79. The molecule has 0 bridgehead atoms. The van der Waals surface area contributed by atoms with Gasteiger partial charge in [0.2, 0.25) is 5.88 Å². The zero-order valence-corrected chi connectivity index (χ0v) is 17.7. The summed E-state index contributed by atoms with van der Waals surface area (Å²) in [6, 6.07) is 0.0527. The lowest BCUT2D eigenvalue weighted by molar-refractivity contribution is 0.117. The Labute approximate surface area is 167 Å². The van der Waals surface area contributed by atoms with Crippen molar-refractivity contribution in [2.45, 2.75) is 38.1 Å². The number of pyridine rings is 1. The summed E-state index contributed by atoms with van der Waals surface area (Å²) in [7, 11) is 2.03.